The largest absolute Gasteiger partial charge is 0.394 e. The van der Waals surface area contributed by atoms with E-state index in [2.05, 4.69) is 76.1 Å². The number of aliphatic hydroxyl groups excluding tert-OH is 2. The van der Waals surface area contributed by atoms with Gasteiger partial charge in [-0.05, 0) is 55.5 Å². The predicted octanol–water partition coefficient (Wildman–Crippen LogP) is -4.27. The van der Waals surface area contributed by atoms with Crippen LogP contribution in [0.2, 0.25) is 0 Å². The number of aromatic nitrogens is 1. The van der Waals surface area contributed by atoms with E-state index in [1.54, 1.807) is 43.3 Å². The number of fused-ring (bicyclic) bond motifs is 5. The third-order valence-corrected chi connectivity index (χ3v) is 16.4. The second kappa shape index (κ2) is 31.3. The van der Waals surface area contributed by atoms with Gasteiger partial charge in [0.2, 0.25) is 82.7 Å². The zero-order valence-corrected chi connectivity index (χ0v) is 49.9. The average Bonchev–Trinajstić information content (AvgIpc) is 3.54. The second-order valence-corrected chi connectivity index (χ2v) is 23.1. The Hall–Kier alpha value is -8.62. The summed E-state index contributed by atoms with van der Waals surface area (Å²) in [7, 11) is 0. The SMILES string of the molecule is CCCC1NC(=O)CNC(=O)C2Cc3c([nH]c4ccccc34)SC[C@H](NC(=O)CNC1=O)C(=O)NC(CC(=O)NCc1ccc(NC(=O)C(C)NC(=O)CNC(=O)CCN3C(=O)CC(S)C3=O)cc1)C(=O)N1CCCC1C(=O)NC(CC(O)CO)C(=O)N2. The smallest absolute Gasteiger partial charge is 0.246 e. The number of thiol groups is 1. The van der Waals surface area contributed by atoms with Crippen LogP contribution >= 0.6 is 24.4 Å². The number of carbonyl (C=O) groups is 14. The van der Waals surface area contributed by atoms with Crippen molar-refractivity contribution in [2.24, 2.45) is 0 Å². The van der Waals surface area contributed by atoms with Gasteiger partial charge in [0.05, 0.1) is 49.0 Å². The molecule has 2 aromatic carbocycles. The highest BCUT2D eigenvalue weighted by molar-refractivity contribution is 7.99. The van der Waals surface area contributed by atoms with Gasteiger partial charge in [-0.2, -0.15) is 12.6 Å². The predicted molar refractivity (Wildman–Crippen MR) is 317 cm³/mol. The lowest BCUT2D eigenvalue weighted by Crippen LogP contribution is -2.60. The third kappa shape index (κ3) is 18.2. The molecule has 1 aromatic heterocycles. The van der Waals surface area contributed by atoms with Crippen LogP contribution in [0.4, 0.5) is 5.69 Å². The van der Waals surface area contributed by atoms with Crippen LogP contribution in [-0.4, -0.2) is 206 Å². The molecule has 0 spiro atoms. The number of rotatable bonds is 17. The number of aliphatic hydroxyl groups is 2. The summed E-state index contributed by atoms with van der Waals surface area (Å²) in [6.07, 6.45) is -2.64. The van der Waals surface area contributed by atoms with Crippen molar-refractivity contribution in [3.63, 3.8) is 0 Å². The van der Waals surface area contributed by atoms with E-state index in [1.807, 2.05) is 0 Å². The molecule has 14 amide bonds. The molecule has 0 saturated carbocycles. The summed E-state index contributed by atoms with van der Waals surface area (Å²) in [6, 6.07) is 3.15. The summed E-state index contributed by atoms with van der Waals surface area (Å²) in [5, 5.41) is 48.9. The number of amides is 14. The summed E-state index contributed by atoms with van der Waals surface area (Å²) in [5.74, 6) is -10.9. The molecule has 0 radical (unpaired) electrons. The molecule has 474 valence electrons. The van der Waals surface area contributed by atoms with Gasteiger partial charge < -0.3 is 78.6 Å². The molecule has 2 bridgehead atoms. The number of carbonyl (C=O) groups excluding carboxylic acids is 14. The van der Waals surface area contributed by atoms with E-state index in [9.17, 15) is 77.3 Å². The second-order valence-electron chi connectivity index (χ2n) is 21.5. The highest BCUT2D eigenvalue weighted by Crippen LogP contribution is 2.32. The highest BCUT2D eigenvalue weighted by Gasteiger charge is 2.42. The van der Waals surface area contributed by atoms with Crippen LogP contribution < -0.4 is 58.5 Å². The lowest BCUT2D eigenvalue weighted by molar-refractivity contribution is -0.143. The third-order valence-electron chi connectivity index (χ3n) is 14.8. The molecular formula is C56H72N14O16S2. The van der Waals surface area contributed by atoms with Crippen molar-refractivity contribution < 1.29 is 77.3 Å². The Labute approximate surface area is 513 Å². The number of anilines is 1. The monoisotopic (exact) mass is 1260 g/mol. The van der Waals surface area contributed by atoms with E-state index in [4.69, 9.17) is 0 Å². The molecule has 4 aliphatic heterocycles. The Morgan fingerprint density at radius 1 is 0.750 bits per heavy atom. The minimum atomic E-state index is -1.71. The van der Waals surface area contributed by atoms with Crippen LogP contribution in [-0.2, 0) is 80.1 Å². The summed E-state index contributed by atoms with van der Waals surface area (Å²) in [4.78, 5) is 194. The first-order valence-electron chi connectivity index (χ1n) is 28.6. The Morgan fingerprint density at radius 2 is 1.45 bits per heavy atom. The molecule has 2 fully saturated rings. The van der Waals surface area contributed by atoms with E-state index in [1.165, 1.54) is 19.1 Å². The number of likely N-dealkylation sites (tertiary alicyclic amines) is 1. The summed E-state index contributed by atoms with van der Waals surface area (Å²) < 4.78 is 0. The van der Waals surface area contributed by atoms with Gasteiger partial charge in [0.1, 0.15) is 42.3 Å². The van der Waals surface area contributed by atoms with Gasteiger partial charge in [0.25, 0.3) is 0 Å². The van der Waals surface area contributed by atoms with Crippen molar-refractivity contribution in [2.75, 3.05) is 50.4 Å². The molecule has 0 aliphatic carbocycles. The quantitative estimate of drug-likeness (QED) is 0.0449. The molecule has 8 unspecified atom stereocenters. The van der Waals surface area contributed by atoms with Gasteiger partial charge in [-0.25, -0.2) is 0 Å². The molecule has 3 aromatic rings. The number of thioether (sulfide) groups is 1. The molecule has 2 saturated heterocycles. The summed E-state index contributed by atoms with van der Waals surface area (Å²) >= 11 is 5.06. The molecule has 88 heavy (non-hydrogen) atoms. The fraction of sp³-hybridized carbons (Fsp3) is 0.500. The number of imide groups is 1. The molecule has 5 heterocycles. The Bertz CT molecular complexity index is 3180. The molecule has 9 atom stereocenters. The van der Waals surface area contributed by atoms with Gasteiger partial charge in [-0.15, -0.1) is 11.8 Å². The molecule has 7 rings (SSSR count). The number of hydrogen-bond donors (Lipinski definition) is 15. The van der Waals surface area contributed by atoms with Crippen molar-refractivity contribution in [1.29, 1.82) is 0 Å². The number of nitrogens with one attached hydrogen (secondary N) is 12. The van der Waals surface area contributed by atoms with Gasteiger partial charge in [0.15, 0.2) is 0 Å². The minimum Gasteiger partial charge on any atom is -0.394 e. The lowest BCUT2D eigenvalue weighted by Gasteiger charge is -2.31. The van der Waals surface area contributed by atoms with Crippen LogP contribution in [0.1, 0.15) is 76.3 Å². The van der Waals surface area contributed by atoms with Crippen LogP contribution in [0, 0.1) is 0 Å². The number of H-pyrrole nitrogens is 1. The zero-order chi connectivity index (χ0) is 63.8. The number of para-hydroxylation sites is 1. The van der Waals surface area contributed by atoms with Crippen LogP contribution in [0.3, 0.4) is 0 Å². The normalized spacial score (nSPS) is 23.4. The van der Waals surface area contributed by atoms with E-state index in [0.29, 0.717) is 39.2 Å². The first-order chi connectivity index (χ1) is 42.0. The Morgan fingerprint density at radius 3 is 2.16 bits per heavy atom. The van der Waals surface area contributed by atoms with Crippen molar-refractivity contribution in [1.82, 2.24) is 68.0 Å². The molecule has 32 heteroatoms. The average molecular weight is 1260 g/mol. The molecular weight excluding hydrogens is 1190 g/mol. The van der Waals surface area contributed by atoms with E-state index < -0.39 is 175 Å². The van der Waals surface area contributed by atoms with Crippen LogP contribution in [0.15, 0.2) is 53.6 Å². The number of hydrogen-bond acceptors (Lipinski definition) is 18. The summed E-state index contributed by atoms with van der Waals surface area (Å²) in [6.45, 7) is 0.122. The maximum absolute atomic E-state index is 14.9. The Balaban J connectivity index is 1.10. The van der Waals surface area contributed by atoms with Gasteiger partial charge in [-0.3, -0.25) is 72.0 Å². The van der Waals surface area contributed by atoms with Gasteiger partial charge in [0, 0.05) is 67.7 Å². The molecule has 14 N–H and O–H groups in total. The van der Waals surface area contributed by atoms with E-state index in [-0.39, 0.29) is 63.9 Å². The first kappa shape index (κ1) is 66.9. The Kier molecular flexibility index (Phi) is 23.8. The summed E-state index contributed by atoms with van der Waals surface area (Å²) in [5.41, 5.74) is 1.79. The molecule has 4 aliphatic rings. The minimum absolute atomic E-state index is 0.0373. The fourth-order valence-electron chi connectivity index (χ4n) is 10.1. The van der Waals surface area contributed by atoms with Crippen LogP contribution in [0.5, 0.6) is 0 Å². The first-order valence-corrected chi connectivity index (χ1v) is 30.1. The lowest BCUT2D eigenvalue weighted by atomic mass is 10.0. The van der Waals surface area contributed by atoms with Crippen molar-refractivity contribution in [2.45, 2.75) is 137 Å². The standard InChI is InChI=1S/C56H72N14O16S2/c1-3-7-35-49(80)59-25-46(77)64-39-27-88-54-33(32-8-4-5-9-34(32)68-54)19-37(50(81)60-24-45(76)63-35)65-51(82)36(18-31(72)26-71)66-53(84)40-10-6-16-69(40)55(85)38(67-52(39)83)20-43(74)57-22-29-11-13-30(14-12-29)62-48(79)28(2)61-44(75)23-58-42(73)15-17-70-47(78)21-41(87)56(70)86/h4-5,8-9,11-14,28,31,35-41,68,71-72,87H,3,6-7,10,15-27H2,1-2H3,(H,57,74)(H,58,73)(H,59,80)(H,60,81)(H,61,75)(H,62,79)(H,63,76)(H,64,77)(H,65,82)(H,66,84)(H,67,83)/t28?,31?,35?,36?,37?,38?,39-,40?,41?/m0/s1. The number of aromatic amines is 1. The topological polar surface area (TPSA) is 434 Å². The van der Waals surface area contributed by atoms with Gasteiger partial charge >= 0.3 is 0 Å². The van der Waals surface area contributed by atoms with Crippen LogP contribution in [0.25, 0.3) is 10.9 Å². The number of benzene rings is 2. The maximum Gasteiger partial charge on any atom is 0.246 e. The fourth-order valence-corrected chi connectivity index (χ4v) is 11.6. The zero-order valence-electron chi connectivity index (χ0n) is 48.2. The molecule has 30 nitrogen and oxygen atoms in total. The maximum atomic E-state index is 14.9. The number of nitrogens with zero attached hydrogens (tertiary/aromatic N) is 2. The van der Waals surface area contributed by atoms with Crippen molar-refractivity contribution >= 4 is 124 Å². The highest BCUT2D eigenvalue weighted by atomic mass is 32.2. The van der Waals surface area contributed by atoms with Crippen molar-refractivity contribution in [3.05, 3.63) is 59.7 Å². The van der Waals surface area contributed by atoms with Gasteiger partial charge in [-0.1, -0.05) is 43.7 Å². The van der Waals surface area contributed by atoms with E-state index >= 15 is 0 Å². The van der Waals surface area contributed by atoms with Crippen molar-refractivity contribution in [3.8, 4) is 0 Å². The van der Waals surface area contributed by atoms with E-state index in [0.717, 1.165) is 21.6 Å².